The molecule has 1 aromatic carbocycles. The van der Waals surface area contributed by atoms with Crippen molar-refractivity contribution in [1.29, 1.82) is 0 Å². The summed E-state index contributed by atoms with van der Waals surface area (Å²) < 4.78 is 53.6. The highest BCUT2D eigenvalue weighted by atomic mass is 19.4. The van der Waals surface area contributed by atoms with Gasteiger partial charge in [0.25, 0.3) is 5.78 Å². The largest absolute Gasteiger partial charge is 0.508 e. The molecule has 0 amide bonds. The minimum absolute atomic E-state index is 0.0528. The van der Waals surface area contributed by atoms with Gasteiger partial charge in [0.2, 0.25) is 0 Å². The molecule has 0 heterocycles. The monoisotopic (exact) mass is 290 g/mol. The molecule has 1 rings (SSSR count). The average Bonchev–Trinajstić information content (AvgIpc) is 2.36. The lowest BCUT2D eigenvalue weighted by Crippen LogP contribution is -2.20. The first kappa shape index (κ1) is 15.7. The van der Waals surface area contributed by atoms with Crippen LogP contribution in [-0.4, -0.2) is 24.2 Å². The number of carbonyl (C=O) groups excluding carboxylic acids is 1. The van der Waals surface area contributed by atoms with Gasteiger partial charge in [0.15, 0.2) is 11.6 Å². The van der Waals surface area contributed by atoms with Crippen LogP contribution in [0.3, 0.4) is 0 Å². The summed E-state index contributed by atoms with van der Waals surface area (Å²) in [5.41, 5.74) is 0.377. The van der Waals surface area contributed by atoms with Gasteiger partial charge in [-0.25, -0.2) is 4.39 Å². The minimum atomic E-state index is -5.04. The minimum Gasteiger partial charge on any atom is -0.508 e. The maximum absolute atomic E-state index is 13.1. The topological polar surface area (TPSA) is 46.5 Å². The zero-order valence-electron chi connectivity index (χ0n) is 10.2. The predicted octanol–water partition coefficient (Wildman–Crippen LogP) is 3.42. The summed E-state index contributed by atoms with van der Waals surface area (Å²) in [4.78, 5) is 10.6. The number of hydrogen-bond acceptors (Lipinski definition) is 3. The molecule has 0 aliphatic carbocycles. The van der Waals surface area contributed by atoms with Gasteiger partial charge in [-0.3, -0.25) is 4.79 Å². The number of halogens is 4. The molecule has 0 aliphatic rings. The Morgan fingerprint density at radius 2 is 2.00 bits per heavy atom. The number of aliphatic hydroxyl groups excluding tert-OH is 1. The van der Waals surface area contributed by atoms with Gasteiger partial charge in [0.1, 0.15) is 5.76 Å². The smallest absolute Gasteiger partial charge is 0.454 e. The number of alkyl halides is 3. The second-order valence-electron chi connectivity index (χ2n) is 3.66. The van der Waals surface area contributed by atoms with E-state index in [1.54, 1.807) is 0 Å². The number of benzene rings is 1. The van der Waals surface area contributed by atoms with Crippen molar-refractivity contribution >= 4 is 11.9 Å². The predicted molar refractivity (Wildman–Crippen MR) is 63.8 cm³/mol. The van der Waals surface area contributed by atoms with E-state index in [4.69, 9.17) is 4.74 Å². The second-order valence-corrected chi connectivity index (χ2v) is 3.66. The number of methoxy groups -OCH3 is 1. The zero-order chi connectivity index (χ0) is 15.3. The van der Waals surface area contributed by atoms with Crippen molar-refractivity contribution in [3.8, 4) is 5.75 Å². The number of rotatable bonds is 4. The van der Waals surface area contributed by atoms with E-state index in [2.05, 4.69) is 0 Å². The number of aliphatic hydroxyl groups is 1. The molecule has 0 aromatic heterocycles. The molecule has 0 fully saturated rings. The molecule has 0 bridgehead atoms. The molecule has 108 valence electrons. The van der Waals surface area contributed by atoms with Crippen LogP contribution >= 0.6 is 0 Å². The molecule has 20 heavy (non-hydrogen) atoms. The van der Waals surface area contributed by atoms with E-state index in [9.17, 15) is 27.5 Å². The van der Waals surface area contributed by atoms with Gasteiger partial charge in [-0.1, -0.05) is 12.1 Å². The zero-order valence-corrected chi connectivity index (χ0v) is 10.2. The van der Waals surface area contributed by atoms with E-state index in [0.29, 0.717) is 5.56 Å². The van der Waals surface area contributed by atoms with E-state index in [-0.39, 0.29) is 11.8 Å². The first-order chi connectivity index (χ1) is 9.24. The van der Waals surface area contributed by atoms with Crippen molar-refractivity contribution in [2.45, 2.75) is 6.18 Å². The molecule has 0 spiro atoms. The average molecular weight is 290 g/mol. The van der Waals surface area contributed by atoms with Crippen LogP contribution in [-0.2, 0) is 4.79 Å². The van der Waals surface area contributed by atoms with Crippen LogP contribution in [0.25, 0.3) is 6.08 Å². The molecule has 0 radical (unpaired) electrons. The lowest BCUT2D eigenvalue weighted by molar-refractivity contribution is -0.165. The Balaban J connectivity index is 2.87. The third-order valence-electron chi connectivity index (χ3n) is 2.18. The number of ether oxygens (including phenoxy) is 1. The van der Waals surface area contributed by atoms with Crippen molar-refractivity contribution < 1.29 is 32.2 Å². The van der Waals surface area contributed by atoms with Gasteiger partial charge in [0.05, 0.1) is 7.11 Å². The van der Waals surface area contributed by atoms with Gasteiger partial charge in [0, 0.05) is 6.08 Å². The summed E-state index contributed by atoms with van der Waals surface area (Å²) >= 11 is 0. The Morgan fingerprint density at radius 1 is 1.35 bits per heavy atom. The highest BCUT2D eigenvalue weighted by Gasteiger charge is 2.36. The van der Waals surface area contributed by atoms with Crippen molar-refractivity contribution in [3.63, 3.8) is 0 Å². The Kier molecular flexibility index (Phi) is 4.90. The van der Waals surface area contributed by atoms with Crippen molar-refractivity contribution in [2.24, 2.45) is 0 Å². The fourth-order valence-corrected chi connectivity index (χ4v) is 1.23. The Hall–Kier alpha value is -2.31. The molecule has 3 nitrogen and oxygen atoms in total. The van der Waals surface area contributed by atoms with E-state index in [1.165, 1.54) is 25.3 Å². The van der Waals surface area contributed by atoms with Gasteiger partial charge < -0.3 is 9.84 Å². The Bertz CT molecular complexity index is 559. The van der Waals surface area contributed by atoms with Crippen LogP contribution in [0.4, 0.5) is 17.6 Å². The lowest BCUT2D eigenvalue weighted by atomic mass is 10.2. The molecular formula is C13H10F4O3. The van der Waals surface area contributed by atoms with Crippen molar-refractivity contribution in [3.05, 3.63) is 47.5 Å². The molecule has 0 saturated heterocycles. The number of carbonyl (C=O) groups is 1. The number of hydrogen-bond donors (Lipinski definition) is 1. The standard InChI is InChI=1S/C13H10F4O3/c1-20-11-6-8(3-5-10(11)14)2-4-9(18)7-12(19)13(15,16)17/h2-7,18H,1H3/b4-2+,9-7-. The van der Waals surface area contributed by atoms with Crippen LogP contribution in [0.15, 0.2) is 36.1 Å². The molecule has 1 N–H and O–H groups in total. The Labute approximate surface area is 111 Å². The van der Waals surface area contributed by atoms with Gasteiger partial charge in [-0.05, 0) is 23.8 Å². The molecule has 7 heteroatoms. The molecular weight excluding hydrogens is 280 g/mol. The van der Waals surface area contributed by atoms with E-state index >= 15 is 0 Å². The maximum Gasteiger partial charge on any atom is 0.454 e. The quantitative estimate of drug-likeness (QED) is 0.400. The number of allylic oxidation sites excluding steroid dienone is 2. The molecule has 0 unspecified atom stereocenters. The summed E-state index contributed by atoms with van der Waals surface area (Å²) in [7, 11) is 1.26. The third-order valence-corrected chi connectivity index (χ3v) is 2.18. The van der Waals surface area contributed by atoms with Crippen LogP contribution in [0.1, 0.15) is 5.56 Å². The molecule has 0 saturated carbocycles. The second kappa shape index (κ2) is 6.23. The normalized spacial score (nSPS) is 12.8. The molecule has 0 aliphatic heterocycles. The van der Waals surface area contributed by atoms with Crippen LogP contribution in [0.2, 0.25) is 0 Å². The SMILES string of the molecule is COc1cc(/C=C/C(O)=C/C(=O)C(F)(F)F)ccc1F. The summed E-state index contributed by atoms with van der Waals surface area (Å²) in [6.07, 6.45) is -2.90. The van der Waals surface area contributed by atoms with Gasteiger partial charge in [-0.15, -0.1) is 0 Å². The highest BCUT2D eigenvalue weighted by molar-refractivity contribution is 5.95. The molecule has 0 atom stereocenters. The summed E-state index contributed by atoms with van der Waals surface area (Å²) in [6, 6.07) is 3.71. The Morgan fingerprint density at radius 3 is 2.55 bits per heavy atom. The van der Waals surface area contributed by atoms with Crippen LogP contribution in [0, 0.1) is 5.82 Å². The fraction of sp³-hybridized carbons (Fsp3) is 0.154. The first-order valence-corrected chi connectivity index (χ1v) is 5.27. The van der Waals surface area contributed by atoms with E-state index in [1.807, 2.05) is 0 Å². The van der Waals surface area contributed by atoms with E-state index in [0.717, 1.165) is 12.1 Å². The fourth-order valence-electron chi connectivity index (χ4n) is 1.23. The van der Waals surface area contributed by atoms with Crippen LogP contribution in [0.5, 0.6) is 5.75 Å². The molecule has 1 aromatic rings. The van der Waals surface area contributed by atoms with Crippen LogP contribution < -0.4 is 4.74 Å². The lowest BCUT2D eigenvalue weighted by Gasteiger charge is -2.02. The van der Waals surface area contributed by atoms with Crippen molar-refractivity contribution in [2.75, 3.05) is 7.11 Å². The highest BCUT2D eigenvalue weighted by Crippen LogP contribution is 2.20. The van der Waals surface area contributed by atoms with E-state index < -0.39 is 23.5 Å². The number of ketones is 1. The summed E-state index contributed by atoms with van der Waals surface area (Å²) in [5.74, 6) is -3.69. The summed E-state index contributed by atoms with van der Waals surface area (Å²) in [5, 5.41) is 9.17. The van der Waals surface area contributed by atoms with Crippen molar-refractivity contribution in [1.82, 2.24) is 0 Å². The maximum atomic E-state index is 13.1. The third kappa shape index (κ3) is 4.42. The first-order valence-electron chi connectivity index (χ1n) is 5.27. The van der Waals surface area contributed by atoms with Gasteiger partial charge in [-0.2, -0.15) is 13.2 Å². The summed E-state index contributed by atoms with van der Waals surface area (Å²) in [6.45, 7) is 0. The van der Waals surface area contributed by atoms with Gasteiger partial charge >= 0.3 is 6.18 Å².